The van der Waals surface area contributed by atoms with Crippen molar-refractivity contribution >= 4 is 17.3 Å². The van der Waals surface area contributed by atoms with E-state index in [2.05, 4.69) is 43.0 Å². The van der Waals surface area contributed by atoms with Crippen LogP contribution in [0, 0.1) is 13.8 Å². The summed E-state index contributed by atoms with van der Waals surface area (Å²) in [5.74, 6) is 1.70. The van der Waals surface area contributed by atoms with Crippen LogP contribution in [-0.2, 0) is 6.54 Å². The third-order valence-electron chi connectivity index (χ3n) is 5.31. The fourth-order valence-corrected chi connectivity index (χ4v) is 4.64. The van der Waals surface area contributed by atoms with E-state index in [-0.39, 0.29) is 0 Å². The van der Waals surface area contributed by atoms with Crippen LogP contribution in [-0.4, -0.2) is 49.6 Å². The van der Waals surface area contributed by atoms with E-state index in [0.29, 0.717) is 12.6 Å². The molecule has 28 heavy (non-hydrogen) atoms. The molecule has 0 aromatic carbocycles. The minimum absolute atomic E-state index is 0.389. The van der Waals surface area contributed by atoms with Gasteiger partial charge in [0.15, 0.2) is 5.96 Å². The summed E-state index contributed by atoms with van der Waals surface area (Å²) in [6.07, 6.45) is 4.43. The molecule has 0 aliphatic carbocycles. The van der Waals surface area contributed by atoms with Crippen molar-refractivity contribution in [1.29, 1.82) is 0 Å². The SMILES string of the molecule is CN=C(NCc1ncc(C)c(OC)c1C)NCC(c1cccs1)N1CCCC1. The van der Waals surface area contributed by atoms with Gasteiger partial charge in [-0.05, 0) is 51.2 Å². The van der Waals surface area contributed by atoms with Crippen LogP contribution in [0.25, 0.3) is 0 Å². The fraction of sp³-hybridized carbons (Fsp3) is 0.524. The summed E-state index contributed by atoms with van der Waals surface area (Å²) in [7, 11) is 3.51. The first-order chi connectivity index (χ1) is 13.6. The Hall–Kier alpha value is -2.12. The maximum Gasteiger partial charge on any atom is 0.191 e. The number of aryl methyl sites for hydroxylation is 1. The van der Waals surface area contributed by atoms with Crippen LogP contribution >= 0.6 is 11.3 Å². The summed E-state index contributed by atoms with van der Waals surface area (Å²) in [6.45, 7) is 7.84. The number of thiophene rings is 1. The van der Waals surface area contributed by atoms with Gasteiger partial charge in [-0.3, -0.25) is 14.9 Å². The normalized spacial score (nSPS) is 16.2. The summed E-state index contributed by atoms with van der Waals surface area (Å²) >= 11 is 1.83. The van der Waals surface area contributed by atoms with Gasteiger partial charge in [0, 0.05) is 35.8 Å². The van der Waals surface area contributed by atoms with E-state index in [1.807, 2.05) is 31.4 Å². The van der Waals surface area contributed by atoms with Crippen molar-refractivity contribution in [3.05, 3.63) is 45.4 Å². The first-order valence-corrected chi connectivity index (χ1v) is 10.7. The highest BCUT2D eigenvalue weighted by Gasteiger charge is 2.24. The van der Waals surface area contributed by atoms with Gasteiger partial charge in [-0.25, -0.2) is 0 Å². The van der Waals surface area contributed by atoms with Crippen molar-refractivity contribution in [2.45, 2.75) is 39.3 Å². The molecule has 152 valence electrons. The topological polar surface area (TPSA) is 61.8 Å². The number of likely N-dealkylation sites (tertiary alicyclic amines) is 1. The van der Waals surface area contributed by atoms with Gasteiger partial charge in [0.1, 0.15) is 5.75 Å². The number of methoxy groups -OCH3 is 1. The molecule has 0 saturated carbocycles. The van der Waals surface area contributed by atoms with Crippen LogP contribution in [0.2, 0.25) is 0 Å². The first kappa shape index (κ1) is 20.6. The van der Waals surface area contributed by atoms with E-state index in [1.165, 1.54) is 30.8 Å². The van der Waals surface area contributed by atoms with Crippen molar-refractivity contribution in [3.8, 4) is 5.75 Å². The summed E-state index contributed by atoms with van der Waals surface area (Å²) in [5, 5.41) is 9.06. The molecule has 1 saturated heterocycles. The number of guanidine groups is 1. The molecule has 6 nitrogen and oxygen atoms in total. The van der Waals surface area contributed by atoms with E-state index < -0.39 is 0 Å². The van der Waals surface area contributed by atoms with Crippen LogP contribution in [0.3, 0.4) is 0 Å². The molecule has 3 heterocycles. The van der Waals surface area contributed by atoms with E-state index in [4.69, 9.17) is 4.74 Å². The highest BCUT2D eigenvalue weighted by atomic mass is 32.1. The highest BCUT2D eigenvalue weighted by molar-refractivity contribution is 7.10. The second kappa shape index (κ2) is 9.89. The minimum Gasteiger partial charge on any atom is -0.496 e. The molecule has 0 bridgehead atoms. The summed E-state index contributed by atoms with van der Waals surface area (Å²) < 4.78 is 5.51. The molecule has 2 aromatic heterocycles. The van der Waals surface area contributed by atoms with Crippen molar-refractivity contribution < 1.29 is 4.74 Å². The average molecular weight is 402 g/mol. The number of rotatable bonds is 7. The molecule has 1 unspecified atom stereocenters. The number of nitrogens with one attached hydrogen (secondary N) is 2. The van der Waals surface area contributed by atoms with Crippen LogP contribution in [0.5, 0.6) is 5.75 Å². The number of pyridine rings is 1. The Balaban J connectivity index is 1.61. The predicted molar refractivity (Wildman–Crippen MR) is 116 cm³/mol. The van der Waals surface area contributed by atoms with E-state index in [9.17, 15) is 0 Å². The molecule has 3 rings (SSSR count). The molecule has 2 aromatic rings. The Morgan fingerprint density at radius 1 is 1.32 bits per heavy atom. The Morgan fingerprint density at radius 3 is 2.75 bits per heavy atom. The number of nitrogens with zero attached hydrogens (tertiary/aromatic N) is 3. The van der Waals surface area contributed by atoms with E-state index in [0.717, 1.165) is 35.1 Å². The zero-order valence-corrected chi connectivity index (χ0v) is 18.1. The van der Waals surface area contributed by atoms with Crippen LogP contribution in [0.1, 0.15) is 40.6 Å². The summed E-state index contributed by atoms with van der Waals surface area (Å²) in [5.41, 5.74) is 3.09. The number of aromatic nitrogens is 1. The largest absolute Gasteiger partial charge is 0.496 e. The van der Waals surface area contributed by atoms with Crippen LogP contribution < -0.4 is 15.4 Å². The molecule has 0 amide bonds. The van der Waals surface area contributed by atoms with Crippen molar-refractivity contribution in [1.82, 2.24) is 20.5 Å². The second-order valence-corrected chi connectivity index (χ2v) is 8.11. The molecule has 0 radical (unpaired) electrons. The third-order valence-corrected chi connectivity index (χ3v) is 6.29. The average Bonchev–Trinajstić information content (AvgIpc) is 3.41. The molecule has 7 heteroatoms. The predicted octanol–water partition coefficient (Wildman–Crippen LogP) is 3.27. The van der Waals surface area contributed by atoms with Crippen molar-refractivity contribution in [2.24, 2.45) is 4.99 Å². The number of ether oxygens (including phenoxy) is 1. The lowest BCUT2D eigenvalue weighted by molar-refractivity contribution is 0.249. The zero-order valence-electron chi connectivity index (χ0n) is 17.3. The highest BCUT2D eigenvalue weighted by Crippen LogP contribution is 2.28. The lowest BCUT2D eigenvalue weighted by atomic mass is 10.1. The smallest absolute Gasteiger partial charge is 0.191 e. The Bertz CT molecular complexity index is 784. The molecule has 1 atom stereocenters. The zero-order chi connectivity index (χ0) is 19.9. The molecule has 1 fully saturated rings. The number of hydrogen-bond acceptors (Lipinski definition) is 5. The monoisotopic (exact) mass is 401 g/mol. The second-order valence-electron chi connectivity index (χ2n) is 7.13. The van der Waals surface area contributed by atoms with Crippen LogP contribution in [0.4, 0.5) is 0 Å². The summed E-state index contributed by atoms with van der Waals surface area (Å²) in [4.78, 5) is 12.9. The third kappa shape index (κ3) is 4.83. The van der Waals surface area contributed by atoms with Crippen LogP contribution in [0.15, 0.2) is 28.7 Å². The molecule has 1 aliphatic rings. The molecule has 1 aliphatic heterocycles. The Morgan fingerprint density at radius 2 is 2.11 bits per heavy atom. The lowest BCUT2D eigenvalue weighted by Gasteiger charge is -2.27. The maximum atomic E-state index is 5.51. The van der Waals surface area contributed by atoms with Gasteiger partial charge in [0.05, 0.1) is 25.4 Å². The van der Waals surface area contributed by atoms with Crippen molar-refractivity contribution in [3.63, 3.8) is 0 Å². The van der Waals surface area contributed by atoms with E-state index in [1.54, 1.807) is 14.2 Å². The quantitative estimate of drug-likeness (QED) is 0.551. The molecule has 0 spiro atoms. The maximum absolute atomic E-state index is 5.51. The molecular formula is C21H31N5OS. The number of aliphatic imine (C=N–C) groups is 1. The van der Waals surface area contributed by atoms with Gasteiger partial charge in [0.2, 0.25) is 0 Å². The van der Waals surface area contributed by atoms with Gasteiger partial charge in [0.25, 0.3) is 0 Å². The lowest BCUT2D eigenvalue weighted by Crippen LogP contribution is -2.42. The Kier molecular flexibility index (Phi) is 7.28. The Labute approximate surface area is 172 Å². The standard InChI is InChI=1S/C21H31N5OS/c1-15-12-23-17(16(2)20(15)27-4)13-24-21(22-3)25-14-18(19-8-7-11-28-19)26-9-5-6-10-26/h7-8,11-12,18H,5-6,9-10,13-14H2,1-4H3,(H2,22,24,25). The van der Waals surface area contributed by atoms with Gasteiger partial charge in [-0.15, -0.1) is 11.3 Å². The minimum atomic E-state index is 0.389. The van der Waals surface area contributed by atoms with Gasteiger partial charge in [-0.1, -0.05) is 6.07 Å². The molecular weight excluding hydrogens is 370 g/mol. The van der Waals surface area contributed by atoms with Gasteiger partial charge >= 0.3 is 0 Å². The van der Waals surface area contributed by atoms with Gasteiger partial charge < -0.3 is 15.4 Å². The van der Waals surface area contributed by atoms with Gasteiger partial charge in [-0.2, -0.15) is 0 Å². The molecule has 2 N–H and O–H groups in total. The number of hydrogen-bond donors (Lipinski definition) is 2. The van der Waals surface area contributed by atoms with E-state index >= 15 is 0 Å². The fourth-order valence-electron chi connectivity index (χ4n) is 3.77. The first-order valence-electron chi connectivity index (χ1n) is 9.85. The summed E-state index contributed by atoms with van der Waals surface area (Å²) in [6, 6.07) is 4.76. The van der Waals surface area contributed by atoms with Crippen molar-refractivity contribution in [2.75, 3.05) is 33.8 Å².